The third-order valence-corrected chi connectivity index (χ3v) is 4.13. The fraction of sp³-hybridized carbons (Fsp3) is 0.917. The van der Waals surface area contributed by atoms with Gasteiger partial charge < -0.3 is 14.7 Å². The fourth-order valence-electron chi connectivity index (χ4n) is 3.29. The summed E-state index contributed by atoms with van der Waals surface area (Å²) in [6.45, 7) is 1.33. The number of carbonyl (C=O) groups is 1. The predicted molar refractivity (Wildman–Crippen MR) is 57.8 cm³/mol. The van der Waals surface area contributed by atoms with Gasteiger partial charge in [0.25, 0.3) is 0 Å². The monoisotopic (exact) mass is 225 g/mol. The van der Waals surface area contributed by atoms with E-state index in [1.807, 2.05) is 4.90 Å². The maximum Gasteiger partial charge on any atom is 0.228 e. The summed E-state index contributed by atoms with van der Waals surface area (Å²) in [5.41, 5.74) is 0. The van der Waals surface area contributed by atoms with E-state index in [0.717, 1.165) is 38.6 Å². The predicted octanol–water partition coefficient (Wildman–Crippen LogP) is 0.537. The standard InChI is InChI=1S/C12H19NO3/c14-8-2-1-5-13(7-8)12(15)10-6-9-3-4-11(10)16-9/h8-11,14H,1-7H2. The molecule has 0 aliphatic carbocycles. The molecule has 4 atom stereocenters. The Morgan fingerprint density at radius 2 is 2.19 bits per heavy atom. The second-order valence-corrected chi connectivity index (χ2v) is 5.30. The molecule has 1 N–H and O–H groups in total. The third-order valence-electron chi connectivity index (χ3n) is 4.13. The van der Waals surface area contributed by atoms with E-state index in [2.05, 4.69) is 0 Å². The Balaban J connectivity index is 1.64. The summed E-state index contributed by atoms with van der Waals surface area (Å²) in [6.07, 6.45) is 4.98. The largest absolute Gasteiger partial charge is 0.391 e. The molecule has 90 valence electrons. The maximum atomic E-state index is 12.3. The summed E-state index contributed by atoms with van der Waals surface area (Å²) in [6, 6.07) is 0. The van der Waals surface area contributed by atoms with Crippen LogP contribution in [-0.2, 0) is 9.53 Å². The zero-order valence-electron chi connectivity index (χ0n) is 9.47. The minimum absolute atomic E-state index is 0.0732. The van der Waals surface area contributed by atoms with Gasteiger partial charge in [-0.2, -0.15) is 0 Å². The lowest BCUT2D eigenvalue weighted by Gasteiger charge is -2.33. The molecule has 4 nitrogen and oxygen atoms in total. The number of ether oxygens (including phenoxy) is 1. The molecule has 0 aromatic rings. The van der Waals surface area contributed by atoms with Gasteiger partial charge in [0, 0.05) is 13.1 Å². The van der Waals surface area contributed by atoms with Gasteiger partial charge in [-0.3, -0.25) is 4.79 Å². The third kappa shape index (κ3) is 1.74. The molecule has 3 fully saturated rings. The van der Waals surface area contributed by atoms with Crippen molar-refractivity contribution in [3.05, 3.63) is 0 Å². The summed E-state index contributed by atoms with van der Waals surface area (Å²) < 4.78 is 5.71. The number of likely N-dealkylation sites (tertiary alicyclic amines) is 1. The van der Waals surface area contributed by atoms with Crippen LogP contribution in [0.25, 0.3) is 0 Å². The number of rotatable bonds is 1. The maximum absolute atomic E-state index is 12.3. The van der Waals surface area contributed by atoms with Gasteiger partial charge in [0.2, 0.25) is 5.91 Å². The van der Waals surface area contributed by atoms with Crippen LogP contribution in [0, 0.1) is 5.92 Å². The van der Waals surface area contributed by atoms with Gasteiger partial charge >= 0.3 is 0 Å². The quantitative estimate of drug-likeness (QED) is 0.708. The minimum atomic E-state index is -0.322. The zero-order chi connectivity index (χ0) is 11.1. The highest BCUT2D eigenvalue weighted by Gasteiger charge is 2.46. The topological polar surface area (TPSA) is 49.8 Å². The first-order chi connectivity index (χ1) is 7.74. The molecule has 3 saturated heterocycles. The molecule has 16 heavy (non-hydrogen) atoms. The molecule has 0 radical (unpaired) electrons. The van der Waals surface area contributed by atoms with E-state index in [-0.39, 0.29) is 24.0 Å². The van der Waals surface area contributed by atoms with Crippen LogP contribution >= 0.6 is 0 Å². The molecule has 4 unspecified atom stereocenters. The van der Waals surface area contributed by atoms with Crippen molar-refractivity contribution in [3.63, 3.8) is 0 Å². The van der Waals surface area contributed by atoms with Crippen molar-refractivity contribution in [3.8, 4) is 0 Å². The normalized spacial score (nSPS) is 42.7. The number of hydrogen-bond acceptors (Lipinski definition) is 3. The van der Waals surface area contributed by atoms with E-state index in [1.54, 1.807) is 0 Å². The lowest BCUT2D eigenvalue weighted by Crippen LogP contribution is -2.46. The molecule has 1 amide bonds. The Labute approximate surface area is 95.6 Å². The Hall–Kier alpha value is -0.610. The molecule has 3 rings (SSSR count). The highest BCUT2D eigenvalue weighted by Crippen LogP contribution is 2.39. The van der Waals surface area contributed by atoms with Crippen LogP contribution in [0.5, 0.6) is 0 Å². The molecule has 3 aliphatic heterocycles. The summed E-state index contributed by atoms with van der Waals surface area (Å²) >= 11 is 0. The molecule has 4 heteroatoms. The summed E-state index contributed by atoms with van der Waals surface area (Å²) in [5, 5.41) is 9.58. The molecule has 0 saturated carbocycles. The highest BCUT2D eigenvalue weighted by atomic mass is 16.5. The Kier molecular flexibility index (Phi) is 2.64. The van der Waals surface area contributed by atoms with Crippen LogP contribution in [-0.4, -0.2) is 47.3 Å². The molecule has 3 heterocycles. The lowest BCUT2D eigenvalue weighted by atomic mass is 9.87. The summed E-state index contributed by atoms with van der Waals surface area (Å²) in [5.74, 6) is 0.287. The van der Waals surface area contributed by atoms with E-state index >= 15 is 0 Å². The molecule has 0 aromatic carbocycles. The van der Waals surface area contributed by atoms with E-state index in [1.165, 1.54) is 0 Å². The van der Waals surface area contributed by atoms with E-state index in [0.29, 0.717) is 12.6 Å². The number of amides is 1. The van der Waals surface area contributed by atoms with Crippen molar-refractivity contribution < 1.29 is 14.6 Å². The van der Waals surface area contributed by atoms with Gasteiger partial charge in [-0.1, -0.05) is 0 Å². The second-order valence-electron chi connectivity index (χ2n) is 5.30. The smallest absolute Gasteiger partial charge is 0.228 e. The lowest BCUT2D eigenvalue weighted by molar-refractivity contribution is -0.140. The molecular weight excluding hydrogens is 206 g/mol. The molecular formula is C12H19NO3. The van der Waals surface area contributed by atoms with Crippen LogP contribution in [0.1, 0.15) is 32.1 Å². The highest BCUT2D eigenvalue weighted by molar-refractivity contribution is 5.80. The molecule has 2 bridgehead atoms. The van der Waals surface area contributed by atoms with Crippen molar-refractivity contribution in [2.75, 3.05) is 13.1 Å². The number of β-amino-alcohol motifs (C(OH)–C–C–N with tert-alkyl or cyclic N) is 1. The van der Waals surface area contributed by atoms with E-state index in [9.17, 15) is 9.90 Å². The molecule has 0 aromatic heterocycles. The first-order valence-electron chi connectivity index (χ1n) is 6.36. The van der Waals surface area contributed by atoms with Crippen molar-refractivity contribution in [2.45, 2.75) is 50.4 Å². The van der Waals surface area contributed by atoms with Crippen molar-refractivity contribution in [1.82, 2.24) is 4.90 Å². The number of piperidine rings is 1. The number of fused-ring (bicyclic) bond motifs is 2. The van der Waals surface area contributed by atoms with Crippen molar-refractivity contribution in [2.24, 2.45) is 5.92 Å². The average Bonchev–Trinajstić information content (AvgIpc) is 2.89. The number of aliphatic hydroxyl groups excluding tert-OH is 1. The minimum Gasteiger partial charge on any atom is -0.391 e. The number of aliphatic hydroxyl groups is 1. The van der Waals surface area contributed by atoms with Gasteiger partial charge in [0.1, 0.15) is 0 Å². The SMILES string of the molecule is O=C(C1CC2CCC1O2)N1CCCC(O)C1. The first-order valence-corrected chi connectivity index (χ1v) is 6.36. The van der Waals surface area contributed by atoms with Gasteiger partial charge in [0.15, 0.2) is 0 Å². The summed E-state index contributed by atoms with van der Waals surface area (Å²) in [7, 11) is 0. The van der Waals surface area contributed by atoms with Gasteiger partial charge in [0.05, 0.1) is 24.2 Å². The van der Waals surface area contributed by atoms with Gasteiger partial charge in [-0.25, -0.2) is 0 Å². The average molecular weight is 225 g/mol. The first kappa shape index (κ1) is 10.5. The molecule has 3 aliphatic rings. The second kappa shape index (κ2) is 4.00. The van der Waals surface area contributed by atoms with Crippen molar-refractivity contribution in [1.29, 1.82) is 0 Å². The van der Waals surface area contributed by atoms with Crippen LogP contribution in [0.2, 0.25) is 0 Å². The Morgan fingerprint density at radius 3 is 2.81 bits per heavy atom. The molecule has 0 spiro atoms. The number of hydrogen-bond donors (Lipinski definition) is 1. The van der Waals surface area contributed by atoms with Gasteiger partial charge in [-0.15, -0.1) is 0 Å². The Morgan fingerprint density at radius 1 is 1.31 bits per heavy atom. The fourth-order valence-corrected chi connectivity index (χ4v) is 3.29. The van der Waals surface area contributed by atoms with E-state index < -0.39 is 0 Å². The van der Waals surface area contributed by atoms with Crippen molar-refractivity contribution >= 4 is 5.91 Å². The number of carbonyl (C=O) groups excluding carboxylic acids is 1. The summed E-state index contributed by atoms with van der Waals surface area (Å²) in [4.78, 5) is 14.1. The van der Waals surface area contributed by atoms with Crippen LogP contribution in [0.3, 0.4) is 0 Å². The van der Waals surface area contributed by atoms with Gasteiger partial charge in [-0.05, 0) is 32.1 Å². The Bertz CT molecular complexity index is 294. The van der Waals surface area contributed by atoms with Crippen LogP contribution in [0.15, 0.2) is 0 Å². The van der Waals surface area contributed by atoms with Crippen LogP contribution < -0.4 is 0 Å². The number of nitrogens with zero attached hydrogens (tertiary/aromatic N) is 1. The van der Waals surface area contributed by atoms with E-state index in [4.69, 9.17) is 4.74 Å². The zero-order valence-corrected chi connectivity index (χ0v) is 9.47. The van der Waals surface area contributed by atoms with Crippen LogP contribution in [0.4, 0.5) is 0 Å².